The lowest BCUT2D eigenvalue weighted by Gasteiger charge is -2.14. The molecule has 5 nitrogen and oxygen atoms in total. The van der Waals surface area contributed by atoms with E-state index in [-0.39, 0.29) is 0 Å². The average molecular weight is 231 g/mol. The summed E-state index contributed by atoms with van der Waals surface area (Å²) >= 11 is 0. The van der Waals surface area contributed by atoms with Gasteiger partial charge in [-0.05, 0) is 12.1 Å². The van der Waals surface area contributed by atoms with Gasteiger partial charge in [0.2, 0.25) is 11.8 Å². The van der Waals surface area contributed by atoms with Crippen molar-refractivity contribution < 1.29 is 9.59 Å². The van der Waals surface area contributed by atoms with Gasteiger partial charge in [0.05, 0.1) is 6.07 Å². The average Bonchev–Trinajstić information content (AvgIpc) is 2.30. The maximum Gasteiger partial charge on any atom is 0.251 e. The number of nitrogens with zero attached hydrogens (tertiary/aromatic N) is 2. The number of para-hydroxylation sites is 1. The van der Waals surface area contributed by atoms with E-state index in [1.54, 1.807) is 30.3 Å². The molecule has 0 fully saturated rings. The lowest BCUT2D eigenvalue weighted by Crippen LogP contribution is -2.36. The molecule has 1 aromatic carbocycles. The number of hydrogen-bond acceptors (Lipinski definition) is 3. The van der Waals surface area contributed by atoms with Crippen LogP contribution in [0.3, 0.4) is 0 Å². The molecule has 0 aliphatic rings. The molecular formula is C12H13N3O2. The van der Waals surface area contributed by atoms with E-state index in [0.717, 1.165) is 0 Å². The van der Waals surface area contributed by atoms with Gasteiger partial charge < -0.3 is 10.2 Å². The van der Waals surface area contributed by atoms with Crippen LogP contribution in [0.1, 0.15) is 0 Å². The van der Waals surface area contributed by atoms with E-state index in [4.69, 9.17) is 5.26 Å². The third-order valence-electron chi connectivity index (χ3n) is 2.12. The van der Waals surface area contributed by atoms with E-state index in [0.29, 0.717) is 5.69 Å². The van der Waals surface area contributed by atoms with Crippen LogP contribution in [-0.2, 0) is 9.59 Å². The molecule has 5 heteroatoms. The maximum atomic E-state index is 11.7. The zero-order chi connectivity index (χ0) is 12.8. The van der Waals surface area contributed by atoms with Crippen molar-refractivity contribution in [1.29, 1.82) is 5.26 Å². The number of carbonyl (C=O) groups excluding carboxylic acids is 2. The fourth-order valence-corrected chi connectivity index (χ4v) is 1.22. The quantitative estimate of drug-likeness (QED) is 0.784. The smallest absolute Gasteiger partial charge is 0.251 e. The second kappa shape index (κ2) is 5.66. The number of nitrogens with one attached hydrogen (secondary N) is 1. The third-order valence-corrected chi connectivity index (χ3v) is 2.12. The normalized spacial score (nSPS) is 11.1. The van der Waals surface area contributed by atoms with Crippen LogP contribution in [0.5, 0.6) is 0 Å². The van der Waals surface area contributed by atoms with Gasteiger partial charge in [-0.3, -0.25) is 9.59 Å². The standard InChI is InChI=1S/C12H13N3O2/c1-15(2)12(17)10(8-13)11(16)14-9-6-4-3-5-7-9/h3-7,10H,1-2H3,(H,14,16). The number of amides is 2. The minimum Gasteiger partial charge on any atom is -0.347 e. The van der Waals surface area contributed by atoms with Crippen LogP contribution in [0.15, 0.2) is 30.3 Å². The first-order chi connectivity index (χ1) is 8.06. The number of nitriles is 1. The summed E-state index contributed by atoms with van der Waals surface area (Å²) in [6, 6.07) is 10.4. The van der Waals surface area contributed by atoms with Crippen molar-refractivity contribution in [2.24, 2.45) is 5.92 Å². The molecule has 0 spiro atoms. The van der Waals surface area contributed by atoms with Crippen molar-refractivity contribution in [3.63, 3.8) is 0 Å². The monoisotopic (exact) mass is 231 g/mol. The molecule has 0 saturated carbocycles. The van der Waals surface area contributed by atoms with Crippen LogP contribution < -0.4 is 5.32 Å². The van der Waals surface area contributed by atoms with Crippen molar-refractivity contribution in [3.8, 4) is 6.07 Å². The lowest BCUT2D eigenvalue weighted by atomic mass is 10.1. The van der Waals surface area contributed by atoms with Gasteiger partial charge in [-0.25, -0.2) is 0 Å². The molecule has 2 amide bonds. The van der Waals surface area contributed by atoms with Crippen LogP contribution >= 0.6 is 0 Å². The minimum atomic E-state index is -1.31. The van der Waals surface area contributed by atoms with E-state index in [2.05, 4.69) is 5.32 Å². The number of anilines is 1. The van der Waals surface area contributed by atoms with E-state index in [1.165, 1.54) is 19.0 Å². The van der Waals surface area contributed by atoms with E-state index >= 15 is 0 Å². The highest BCUT2D eigenvalue weighted by atomic mass is 16.2. The molecular weight excluding hydrogens is 218 g/mol. The van der Waals surface area contributed by atoms with Crippen LogP contribution in [-0.4, -0.2) is 30.8 Å². The molecule has 1 rings (SSSR count). The molecule has 1 aromatic rings. The van der Waals surface area contributed by atoms with Gasteiger partial charge >= 0.3 is 0 Å². The zero-order valence-corrected chi connectivity index (χ0v) is 9.68. The second-order valence-corrected chi connectivity index (χ2v) is 3.65. The zero-order valence-electron chi connectivity index (χ0n) is 9.68. The third kappa shape index (κ3) is 3.31. The molecule has 0 heterocycles. The van der Waals surface area contributed by atoms with Gasteiger partial charge in [0, 0.05) is 19.8 Å². The maximum absolute atomic E-state index is 11.7. The molecule has 1 atom stereocenters. The predicted octanol–water partition coefficient (Wildman–Crippen LogP) is 0.853. The Hall–Kier alpha value is -2.35. The Balaban J connectivity index is 2.76. The summed E-state index contributed by atoms with van der Waals surface area (Å²) in [6.45, 7) is 0. The predicted molar refractivity (Wildman–Crippen MR) is 62.9 cm³/mol. The molecule has 0 aliphatic heterocycles. The summed E-state index contributed by atoms with van der Waals surface area (Å²) in [5.74, 6) is -2.46. The highest BCUT2D eigenvalue weighted by molar-refractivity contribution is 6.08. The van der Waals surface area contributed by atoms with Crippen LogP contribution in [0.4, 0.5) is 5.69 Å². The summed E-state index contributed by atoms with van der Waals surface area (Å²) < 4.78 is 0. The number of benzene rings is 1. The Morgan fingerprint density at radius 2 is 1.88 bits per heavy atom. The van der Waals surface area contributed by atoms with Gasteiger partial charge in [-0.15, -0.1) is 0 Å². The highest BCUT2D eigenvalue weighted by Crippen LogP contribution is 2.08. The van der Waals surface area contributed by atoms with Gasteiger partial charge in [0.25, 0.3) is 5.91 Å². The minimum absolute atomic E-state index is 0.527. The number of hydrogen-bond donors (Lipinski definition) is 1. The number of rotatable bonds is 3. The second-order valence-electron chi connectivity index (χ2n) is 3.65. The summed E-state index contributed by atoms with van der Waals surface area (Å²) in [7, 11) is 3.00. The van der Waals surface area contributed by atoms with Crippen LogP contribution in [0.25, 0.3) is 0 Å². The molecule has 88 valence electrons. The first-order valence-corrected chi connectivity index (χ1v) is 5.03. The van der Waals surface area contributed by atoms with Crippen LogP contribution in [0.2, 0.25) is 0 Å². The van der Waals surface area contributed by atoms with Gasteiger partial charge in [-0.1, -0.05) is 18.2 Å². The van der Waals surface area contributed by atoms with Gasteiger partial charge in [0.1, 0.15) is 0 Å². The Morgan fingerprint density at radius 3 is 2.35 bits per heavy atom. The summed E-state index contributed by atoms with van der Waals surface area (Å²) in [5, 5.41) is 11.4. The van der Waals surface area contributed by atoms with Crippen molar-refractivity contribution in [1.82, 2.24) is 4.90 Å². The van der Waals surface area contributed by atoms with Gasteiger partial charge in [0.15, 0.2) is 0 Å². The Morgan fingerprint density at radius 1 is 1.29 bits per heavy atom. The molecule has 0 aromatic heterocycles. The molecule has 0 aliphatic carbocycles. The topological polar surface area (TPSA) is 73.2 Å². The highest BCUT2D eigenvalue weighted by Gasteiger charge is 2.27. The summed E-state index contributed by atoms with van der Waals surface area (Å²) in [5.41, 5.74) is 0.560. The van der Waals surface area contributed by atoms with Crippen molar-refractivity contribution in [2.75, 3.05) is 19.4 Å². The molecule has 0 saturated heterocycles. The molecule has 1 unspecified atom stereocenters. The first kappa shape index (κ1) is 12.7. The number of carbonyl (C=O) groups is 2. The summed E-state index contributed by atoms with van der Waals surface area (Å²) in [6.07, 6.45) is 0. The molecule has 1 N–H and O–H groups in total. The van der Waals surface area contributed by atoms with Crippen molar-refractivity contribution in [3.05, 3.63) is 30.3 Å². The molecule has 0 bridgehead atoms. The fraction of sp³-hybridized carbons (Fsp3) is 0.250. The fourth-order valence-electron chi connectivity index (χ4n) is 1.22. The van der Waals surface area contributed by atoms with E-state index in [9.17, 15) is 9.59 Å². The SMILES string of the molecule is CN(C)C(=O)C(C#N)C(=O)Nc1ccccc1. The Bertz CT molecular complexity index is 449. The largest absolute Gasteiger partial charge is 0.347 e. The summed E-state index contributed by atoms with van der Waals surface area (Å²) in [4.78, 5) is 24.5. The van der Waals surface area contributed by atoms with Gasteiger partial charge in [-0.2, -0.15) is 5.26 Å². The van der Waals surface area contributed by atoms with Crippen LogP contribution in [0, 0.1) is 17.2 Å². The van der Waals surface area contributed by atoms with Crippen molar-refractivity contribution >= 4 is 17.5 Å². The molecule has 17 heavy (non-hydrogen) atoms. The first-order valence-electron chi connectivity index (χ1n) is 5.03. The lowest BCUT2D eigenvalue weighted by molar-refractivity contribution is -0.135. The Kier molecular flexibility index (Phi) is 4.23. The van der Waals surface area contributed by atoms with E-state index in [1.807, 2.05) is 6.07 Å². The Labute approximate surface area is 99.6 Å². The van der Waals surface area contributed by atoms with Crippen molar-refractivity contribution in [2.45, 2.75) is 0 Å². The van der Waals surface area contributed by atoms with E-state index < -0.39 is 17.7 Å². The molecule has 0 radical (unpaired) electrons.